The molecule has 224 valence electrons. The summed E-state index contributed by atoms with van der Waals surface area (Å²) in [6.07, 6.45) is 5.73. The van der Waals surface area contributed by atoms with Crippen molar-refractivity contribution in [1.82, 2.24) is 0 Å². The average molecular weight is 559 g/mol. The van der Waals surface area contributed by atoms with Gasteiger partial charge < -0.3 is 14.6 Å². The van der Waals surface area contributed by atoms with Gasteiger partial charge in [0.2, 0.25) is 0 Å². The molecule has 3 aromatic carbocycles. The lowest BCUT2D eigenvalue weighted by molar-refractivity contribution is 0.110. The molecule has 1 atom stereocenters. The summed E-state index contributed by atoms with van der Waals surface area (Å²) in [6.45, 7) is 20.9. The number of benzene rings is 3. The standard InChI is InChI=1S/C38H54O3/c1-10-11-26-36(4,5)29-15-21-33(22-16-29)40-27-37(6,7)30-17-23-34(24-18-30)41-35(25-12-28(2)3)38(8,9)31-13-19-32(39)20-14-31/h13-24,28,35,39H,10-12,25-27H2,1-9H3. The van der Waals surface area contributed by atoms with E-state index in [2.05, 4.69) is 111 Å². The Balaban J connectivity index is 1.68. The van der Waals surface area contributed by atoms with Crippen LogP contribution >= 0.6 is 0 Å². The van der Waals surface area contributed by atoms with E-state index < -0.39 is 0 Å². The highest BCUT2D eigenvalue weighted by atomic mass is 16.5. The molecule has 1 unspecified atom stereocenters. The second kappa shape index (κ2) is 13.8. The van der Waals surface area contributed by atoms with Crippen molar-refractivity contribution in [2.24, 2.45) is 5.92 Å². The molecule has 0 aliphatic carbocycles. The van der Waals surface area contributed by atoms with Crippen LogP contribution in [0.25, 0.3) is 0 Å². The van der Waals surface area contributed by atoms with Gasteiger partial charge in [0.15, 0.2) is 0 Å². The minimum atomic E-state index is -0.213. The minimum absolute atomic E-state index is 0.00607. The Morgan fingerprint density at radius 1 is 0.659 bits per heavy atom. The van der Waals surface area contributed by atoms with Crippen molar-refractivity contribution < 1.29 is 14.6 Å². The molecule has 3 nitrogen and oxygen atoms in total. The fourth-order valence-electron chi connectivity index (χ4n) is 5.39. The molecule has 0 saturated heterocycles. The van der Waals surface area contributed by atoms with E-state index in [1.807, 2.05) is 12.1 Å². The number of hydrogen-bond acceptors (Lipinski definition) is 3. The fraction of sp³-hybridized carbons (Fsp3) is 0.526. The maximum absolute atomic E-state index is 9.79. The van der Waals surface area contributed by atoms with E-state index in [9.17, 15) is 5.11 Å². The first-order valence-electron chi connectivity index (χ1n) is 15.5. The summed E-state index contributed by atoms with van der Waals surface area (Å²) in [6, 6.07) is 24.7. The number of hydrogen-bond donors (Lipinski definition) is 1. The normalized spacial score (nSPS) is 13.3. The average Bonchev–Trinajstić information content (AvgIpc) is 2.93. The van der Waals surface area contributed by atoms with Crippen molar-refractivity contribution >= 4 is 0 Å². The van der Waals surface area contributed by atoms with Gasteiger partial charge in [0.05, 0.1) is 6.61 Å². The third-order valence-electron chi connectivity index (χ3n) is 8.73. The van der Waals surface area contributed by atoms with E-state index in [-0.39, 0.29) is 28.1 Å². The second-order valence-electron chi connectivity index (χ2n) is 14.1. The molecule has 0 fully saturated rings. The molecule has 0 heterocycles. The Morgan fingerprint density at radius 2 is 1.17 bits per heavy atom. The van der Waals surface area contributed by atoms with Crippen molar-refractivity contribution in [3.05, 3.63) is 89.5 Å². The molecular formula is C38H54O3. The summed E-state index contributed by atoms with van der Waals surface area (Å²) in [5.41, 5.74) is 3.57. The third kappa shape index (κ3) is 9.02. The molecule has 41 heavy (non-hydrogen) atoms. The van der Waals surface area contributed by atoms with Gasteiger partial charge in [-0.3, -0.25) is 0 Å². The van der Waals surface area contributed by atoms with Crippen LogP contribution in [0, 0.1) is 5.92 Å². The van der Waals surface area contributed by atoms with Gasteiger partial charge in [-0.2, -0.15) is 0 Å². The zero-order valence-electron chi connectivity index (χ0n) is 27.1. The van der Waals surface area contributed by atoms with Crippen molar-refractivity contribution in [3.8, 4) is 17.2 Å². The Morgan fingerprint density at radius 3 is 1.71 bits per heavy atom. The summed E-state index contributed by atoms with van der Waals surface area (Å²) in [4.78, 5) is 0. The molecule has 1 N–H and O–H groups in total. The molecule has 3 rings (SSSR count). The number of unbranched alkanes of at least 4 members (excludes halogenated alkanes) is 1. The molecule has 0 spiro atoms. The first kappa shape index (κ1) is 32.6. The largest absolute Gasteiger partial charge is 0.508 e. The topological polar surface area (TPSA) is 38.7 Å². The van der Waals surface area contributed by atoms with Gasteiger partial charge in [0.1, 0.15) is 23.4 Å². The maximum atomic E-state index is 9.79. The zero-order chi connectivity index (χ0) is 30.3. The third-order valence-corrected chi connectivity index (χ3v) is 8.73. The van der Waals surface area contributed by atoms with Gasteiger partial charge in [-0.05, 0) is 83.7 Å². The van der Waals surface area contributed by atoms with Crippen molar-refractivity contribution in [1.29, 1.82) is 0 Å². The molecule has 3 heteroatoms. The zero-order valence-corrected chi connectivity index (χ0v) is 27.1. The number of phenols is 1. The second-order valence-corrected chi connectivity index (χ2v) is 14.1. The summed E-state index contributed by atoms with van der Waals surface area (Å²) < 4.78 is 13.0. The van der Waals surface area contributed by atoms with E-state index in [1.165, 1.54) is 30.4 Å². The molecule has 0 saturated carbocycles. The number of rotatable bonds is 15. The lowest BCUT2D eigenvalue weighted by Gasteiger charge is -2.36. The maximum Gasteiger partial charge on any atom is 0.119 e. The van der Waals surface area contributed by atoms with E-state index in [4.69, 9.17) is 9.47 Å². The number of aromatic hydroxyl groups is 1. The summed E-state index contributed by atoms with van der Waals surface area (Å²) in [5.74, 6) is 2.68. The van der Waals surface area contributed by atoms with E-state index in [0.717, 1.165) is 29.9 Å². The van der Waals surface area contributed by atoms with Crippen LogP contribution in [0.1, 0.15) is 111 Å². The SMILES string of the molecule is CCCCC(C)(C)c1ccc(OCC(C)(C)c2ccc(OC(CCC(C)C)C(C)(C)c3ccc(O)cc3)cc2)cc1. The fourth-order valence-corrected chi connectivity index (χ4v) is 5.39. The molecule has 3 aromatic rings. The molecule has 0 aliphatic heterocycles. The van der Waals surface area contributed by atoms with Crippen LogP contribution < -0.4 is 9.47 Å². The quantitative estimate of drug-likeness (QED) is 0.202. The number of phenolic OH excluding ortho intramolecular Hbond substituents is 1. The van der Waals surface area contributed by atoms with Crippen LogP contribution in [0.5, 0.6) is 17.2 Å². The first-order chi connectivity index (χ1) is 19.2. The van der Waals surface area contributed by atoms with Crippen LogP contribution in [0.4, 0.5) is 0 Å². The molecule has 0 amide bonds. The van der Waals surface area contributed by atoms with Gasteiger partial charge in [0.25, 0.3) is 0 Å². The lowest BCUT2D eigenvalue weighted by atomic mass is 9.77. The number of ether oxygens (including phenoxy) is 2. The molecule has 0 bridgehead atoms. The van der Waals surface area contributed by atoms with Gasteiger partial charge in [-0.1, -0.05) is 112 Å². The summed E-state index contributed by atoms with van der Waals surface area (Å²) in [5, 5.41) is 9.79. The highest BCUT2D eigenvalue weighted by molar-refractivity contribution is 5.35. The highest BCUT2D eigenvalue weighted by Crippen LogP contribution is 2.36. The van der Waals surface area contributed by atoms with E-state index in [1.54, 1.807) is 12.1 Å². The Labute approximate surface area is 250 Å². The van der Waals surface area contributed by atoms with Gasteiger partial charge in [-0.25, -0.2) is 0 Å². The monoisotopic (exact) mass is 558 g/mol. The Kier molecular flexibility index (Phi) is 11.0. The highest BCUT2D eigenvalue weighted by Gasteiger charge is 2.33. The predicted octanol–water partition coefficient (Wildman–Crippen LogP) is 10.4. The van der Waals surface area contributed by atoms with Crippen LogP contribution in [0.3, 0.4) is 0 Å². The van der Waals surface area contributed by atoms with Crippen LogP contribution in [-0.4, -0.2) is 17.8 Å². The van der Waals surface area contributed by atoms with Crippen LogP contribution in [0.2, 0.25) is 0 Å². The minimum Gasteiger partial charge on any atom is -0.508 e. The lowest BCUT2D eigenvalue weighted by Crippen LogP contribution is -2.38. The Hall–Kier alpha value is -2.94. The molecule has 0 aliphatic rings. The predicted molar refractivity (Wildman–Crippen MR) is 174 cm³/mol. The molecule has 0 radical (unpaired) electrons. The van der Waals surface area contributed by atoms with Gasteiger partial charge in [-0.15, -0.1) is 0 Å². The first-order valence-corrected chi connectivity index (χ1v) is 15.5. The van der Waals surface area contributed by atoms with Gasteiger partial charge in [0, 0.05) is 10.8 Å². The van der Waals surface area contributed by atoms with Crippen molar-refractivity contribution in [2.75, 3.05) is 6.61 Å². The van der Waals surface area contributed by atoms with E-state index in [0.29, 0.717) is 12.5 Å². The summed E-state index contributed by atoms with van der Waals surface area (Å²) in [7, 11) is 0. The summed E-state index contributed by atoms with van der Waals surface area (Å²) >= 11 is 0. The van der Waals surface area contributed by atoms with Crippen LogP contribution in [0.15, 0.2) is 72.8 Å². The van der Waals surface area contributed by atoms with Crippen LogP contribution in [-0.2, 0) is 16.2 Å². The van der Waals surface area contributed by atoms with Crippen molar-refractivity contribution in [2.45, 2.75) is 117 Å². The smallest absolute Gasteiger partial charge is 0.119 e. The Bertz CT molecular complexity index is 1190. The van der Waals surface area contributed by atoms with Gasteiger partial charge >= 0.3 is 0 Å². The van der Waals surface area contributed by atoms with Crippen molar-refractivity contribution in [3.63, 3.8) is 0 Å². The molecule has 0 aromatic heterocycles. The molecular weight excluding hydrogens is 504 g/mol. The van der Waals surface area contributed by atoms with E-state index >= 15 is 0 Å².